The van der Waals surface area contributed by atoms with Crippen LogP contribution in [0.5, 0.6) is 0 Å². The second-order valence-electron chi connectivity index (χ2n) is 5.59. The fourth-order valence-corrected chi connectivity index (χ4v) is 3.92. The number of aromatic nitrogens is 2. The molecule has 0 bridgehead atoms. The lowest BCUT2D eigenvalue weighted by Gasteiger charge is -2.17. The van der Waals surface area contributed by atoms with Crippen LogP contribution in [0, 0.1) is 0 Å². The Morgan fingerprint density at radius 1 is 1.23 bits per heavy atom. The molecule has 6 nitrogen and oxygen atoms in total. The first-order valence-corrected chi connectivity index (χ1v) is 9.02. The molecule has 0 saturated heterocycles. The molecular weight excluding hydrogens is 326 g/mol. The molecule has 0 unspecified atom stereocenters. The van der Waals surface area contributed by atoms with Crippen molar-refractivity contribution < 1.29 is 12.9 Å². The number of sulfone groups is 1. The summed E-state index contributed by atoms with van der Waals surface area (Å²) in [6, 6.07) is 5.97. The molecule has 2 N–H and O–H groups in total. The van der Waals surface area contributed by atoms with E-state index in [9.17, 15) is 8.42 Å². The molecule has 1 aliphatic rings. The van der Waals surface area contributed by atoms with Crippen LogP contribution in [0.2, 0.25) is 5.02 Å². The molecule has 1 aromatic heterocycles. The molecule has 0 radical (unpaired) electrons. The average molecular weight is 342 g/mol. The van der Waals surface area contributed by atoms with Crippen molar-refractivity contribution in [2.45, 2.75) is 41.9 Å². The lowest BCUT2D eigenvalue weighted by atomic mass is 9.99. The maximum Gasteiger partial charge on any atom is 0.242 e. The first-order valence-electron chi connectivity index (χ1n) is 6.99. The number of halogens is 1. The molecule has 0 spiro atoms. The van der Waals surface area contributed by atoms with E-state index in [-0.39, 0.29) is 16.5 Å². The molecule has 0 atom stereocenters. The maximum atomic E-state index is 12.3. The number of nitrogens with two attached hydrogens (primary N) is 1. The van der Waals surface area contributed by atoms with E-state index in [0.29, 0.717) is 10.8 Å². The first-order chi connectivity index (χ1) is 10.4. The summed E-state index contributed by atoms with van der Waals surface area (Å²) >= 11 is 5.76. The van der Waals surface area contributed by atoms with Crippen LogP contribution in [-0.2, 0) is 21.1 Å². The van der Waals surface area contributed by atoms with Crippen LogP contribution < -0.4 is 5.73 Å². The van der Waals surface area contributed by atoms with Gasteiger partial charge in [-0.15, -0.1) is 0 Å². The Hall–Kier alpha value is -1.44. The van der Waals surface area contributed by atoms with E-state index in [1.54, 1.807) is 0 Å². The predicted molar refractivity (Wildman–Crippen MR) is 81.0 cm³/mol. The lowest BCUT2D eigenvalue weighted by Crippen LogP contribution is -2.34. The lowest BCUT2D eigenvalue weighted by molar-refractivity contribution is 0.354. The highest BCUT2D eigenvalue weighted by Crippen LogP contribution is 2.34. The van der Waals surface area contributed by atoms with Gasteiger partial charge in [-0.05, 0) is 37.1 Å². The quantitative estimate of drug-likeness (QED) is 0.916. The van der Waals surface area contributed by atoms with E-state index in [4.69, 9.17) is 21.9 Å². The van der Waals surface area contributed by atoms with Crippen LogP contribution in [-0.4, -0.2) is 18.6 Å². The fourth-order valence-electron chi connectivity index (χ4n) is 2.63. The van der Waals surface area contributed by atoms with E-state index >= 15 is 0 Å². The number of benzene rings is 1. The summed E-state index contributed by atoms with van der Waals surface area (Å²) in [5.74, 6) is 0.102. The number of nitrogens with zero attached hydrogens (tertiary/aromatic N) is 2. The minimum absolute atomic E-state index is 0.0571. The third-order valence-electron chi connectivity index (χ3n) is 3.90. The zero-order valence-corrected chi connectivity index (χ0v) is 13.4. The molecule has 1 saturated carbocycles. The van der Waals surface area contributed by atoms with Gasteiger partial charge in [0, 0.05) is 5.02 Å². The molecule has 1 heterocycles. The molecule has 0 amide bonds. The normalized spacial score (nSPS) is 17.7. The Kier molecular flexibility index (Phi) is 3.96. The Morgan fingerprint density at radius 2 is 1.86 bits per heavy atom. The summed E-state index contributed by atoms with van der Waals surface area (Å²) < 4.78 is 29.7. The van der Waals surface area contributed by atoms with Crippen LogP contribution in [0.1, 0.15) is 37.4 Å². The van der Waals surface area contributed by atoms with Crippen LogP contribution in [0.15, 0.2) is 33.7 Å². The van der Waals surface area contributed by atoms with Gasteiger partial charge in [0.15, 0.2) is 15.7 Å². The summed E-state index contributed by atoms with van der Waals surface area (Å²) in [5.41, 5.74) is 5.64. The third kappa shape index (κ3) is 3.02. The highest BCUT2D eigenvalue weighted by molar-refractivity contribution is 7.90. The molecule has 0 aliphatic heterocycles. The Labute approximate surface area is 133 Å². The second kappa shape index (κ2) is 5.64. The zero-order chi connectivity index (χ0) is 15.8. The van der Waals surface area contributed by atoms with E-state index in [2.05, 4.69) is 10.1 Å². The smallest absolute Gasteiger partial charge is 0.242 e. The Balaban J connectivity index is 1.81. The van der Waals surface area contributed by atoms with Crippen LogP contribution in [0.4, 0.5) is 0 Å². The molecule has 8 heteroatoms. The van der Waals surface area contributed by atoms with E-state index < -0.39 is 15.4 Å². The predicted octanol–water partition coefficient (Wildman–Crippen LogP) is 2.42. The van der Waals surface area contributed by atoms with Crippen molar-refractivity contribution in [3.63, 3.8) is 0 Å². The maximum absolute atomic E-state index is 12.3. The molecule has 1 aromatic carbocycles. The van der Waals surface area contributed by atoms with Gasteiger partial charge >= 0.3 is 0 Å². The van der Waals surface area contributed by atoms with Crippen LogP contribution in [0.25, 0.3) is 0 Å². The average Bonchev–Trinajstić information content (AvgIpc) is 3.09. The highest BCUT2D eigenvalue weighted by atomic mass is 35.5. The zero-order valence-electron chi connectivity index (χ0n) is 11.8. The largest absolute Gasteiger partial charge is 0.338 e. The van der Waals surface area contributed by atoms with Gasteiger partial charge in [0.25, 0.3) is 0 Å². The Morgan fingerprint density at radius 3 is 2.50 bits per heavy atom. The van der Waals surface area contributed by atoms with Gasteiger partial charge < -0.3 is 10.3 Å². The van der Waals surface area contributed by atoms with E-state index in [0.717, 1.165) is 25.7 Å². The highest BCUT2D eigenvalue weighted by Gasteiger charge is 2.36. The summed E-state index contributed by atoms with van der Waals surface area (Å²) in [6.07, 6.45) is 3.61. The molecule has 118 valence electrons. The van der Waals surface area contributed by atoms with E-state index in [1.165, 1.54) is 24.3 Å². The number of hydrogen-bond donors (Lipinski definition) is 1. The third-order valence-corrected chi connectivity index (χ3v) is 5.76. The molecule has 1 aliphatic carbocycles. The van der Waals surface area contributed by atoms with Gasteiger partial charge in [0.05, 0.1) is 10.4 Å². The molecule has 3 rings (SSSR count). The molecule has 1 fully saturated rings. The number of rotatable bonds is 4. The molecule has 2 aromatic rings. The van der Waals surface area contributed by atoms with Crippen LogP contribution >= 0.6 is 11.6 Å². The van der Waals surface area contributed by atoms with Gasteiger partial charge in [-0.1, -0.05) is 29.6 Å². The molecular formula is C14H16ClN3O3S. The Bertz CT molecular complexity index is 765. The summed E-state index contributed by atoms with van der Waals surface area (Å²) in [4.78, 5) is 4.35. The van der Waals surface area contributed by atoms with Gasteiger partial charge in [-0.3, -0.25) is 0 Å². The first kappa shape index (κ1) is 15.5. The van der Waals surface area contributed by atoms with E-state index in [1.807, 2.05) is 0 Å². The summed E-state index contributed by atoms with van der Waals surface area (Å²) in [7, 11) is -3.56. The minimum atomic E-state index is -3.56. The fraction of sp³-hybridized carbons (Fsp3) is 0.429. The van der Waals surface area contributed by atoms with Crippen molar-refractivity contribution in [2.24, 2.45) is 5.73 Å². The second-order valence-corrected chi connectivity index (χ2v) is 8.01. The number of hydrogen-bond acceptors (Lipinski definition) is 6. The standard InChI is InChI=1S/C14H16ClN3O3S/c15-10-3-5-11(6-4-10)22(19,20)9-12-17-13(18-21-12)14(16)7-1-2-8-14/h3-6H,1-2,7-9,16H2. The SMILES string of the molecule is NC1(c2noc(CS(=O)(=O)c3ccc(Cl)cc3)n2)CCCC1. The van der Waals surface area contributed by atoms with Crippen molar-refractivity contribution in [1.29, 1.82) is 0 Å². The van der Waals surface area contributed by atoms with Crippen LogP contribution in [0.3, 0.4) is 0 Å². The van der Waals surface area contributed by atoms with Crippen molar-refractivity contribution in [3.05, 3.63) is 41.0 Å². The van der Waals surface area contributed by atoms with Crippen molar-refractivity contribution in [3.8, 4) is 0 Å². The topological polar surface area (TPSA) is 99.1 Å². The summed E-state index contributed by atoms with van der Waals surface area (Å²) in [6.45, 7) is 0. The van der Waals surface area contributed by atoms with Gasteiger partial charge in [-0.25, -0.2) is 8.42 Å². The molecule has 22 heavy (non-hydrogen) atoms. The van der Waals surface area contributed by atoms with Crippen molar-refractivity contribution >= 4 is 21.4 Å². The van der Waals surface area contributed by atoms with Gasteiger partial charge in [-0.2, -0.15) is 4.98 Å². The van der Waals surface area contributed by atoms with Crippen molar-refractivity contribution in [2.75, 3.05) is 0 Å². The van der Waals surface area contributed by atoms with Gasteiger partial charge in [0.2, 0.25) is 5.89 Å². The summed E-state index contributed by atoms with van der Waals surface area (Å²) in [5, 5.41) is 4.34. The monoisotopic (exact) mass is 341 g/mol. The van der Waals surface area contributed by atoms with Crippen molar-refractivity contribution in [1.82, 2.24) is 10.1 Å². The van der Waals surface area contributed by atoms with Gasteiger partial charge in [0.1, 0.15) is 5.75 Å². The minimum Gasteiger partial charge on any atom is -0.338 e.